The van der Waals surface area contributed by atoms with E-state index in [1.165, 1.54) is 0 Å². The molecule has 1 fully saturated rings. The first-order chi connectivity index (χ1) is 12.7. The van der Waals surface area contributed by atoms with Gasteiger partial charge in [0, 0.05) is 17.7 Å². The molecule has 2 atom stereocenters. The van der Waals surface area contributed by atoms with Crippen LogP contribution in [0.15, 0.2) is 54.6 Å². The van der Waals surface area contributed by atoms with Gasteiger partial charge in [-0.3, -0.25) is 4.79 Å². The van der Waals surface area contributed by atoms with Crippen LogP contribution >= 0.6 is 0 Å². The van der Waals surface area contributed by atoms with Gasteiger partial charge in [0.25, 0.3) is 0 Å². The van der Waals surface area contributed by atoms with Crippen molar-refractivity contribution >= 4 is 5.78 Å². The van der Waals surface area contributed by atoms with Gasteiger partial charge in [0.15, 0.2) is 5.78 Å². The minimum atomic E-state index is -0.540. The molecule has 1 saturated heterocycles. The fourth-order valence-corrected chi connectivity index (χ4v) is 3.02. The van der Waals surface area contributed by atoms with E-state index in [0.29, 0.717) is 29.5 Å². The van der Waals surface area contributed by atoms with Crippen LogP contribution in [0.25, 0.3) is 0 Å². The molecule has 0 saturated carbocycles. The molecule has 0 aromatic heterocycles. The van der Waals surface area contributed by atoms with Crippen LogP contribution < -0.4 is 10.1 Å². The highest BCUT2D eigenvalue weighted by Gasteiger charge is 2.18. The van der Waals surface area contributed by atoms with Crippen LogP contribution in [0.3, 0.4) is 0 Å². The Morgan fingerprint density at radius 3 is 2.58 bits per heavy atom. The summed E-state index contributed by atoms with van der Waals surface area (Å²) in [6.45, 7) is 2.55. The van der Waals surface area contributed by atoms with E-state index in [9.17, 15) is 9.90 Å². The van der Waals surface area contributed by atoms with Gasteiger partial charge in [-0.25, -0.2) is 0 Å². The lowest BCUT2D eigenvalue weighted by Crippen LogP contribution is -2.88. The molecular weight excluding hydrogens is 330 g/mol. The number of carbonyl (C=O) groups excluding carboxylic acids is 1. The Labute approximate surface area is 153 Å². The number of benzene rings is 2. The third kappa shape index (κ3) is 5.39. The highest BCUT2D eigenvalue weighted by molar-refractivity contribution is 6.08. The molecule has 0 aliphatic carbocycles. The zero-order valence-corrected chi connectivity index (χ0v) is 14.8. The van der Waals surface area contributed by atoms with E-state index in [2.05, 4.69) is 5.32 Å². The molecule has 1 aliphatic rings. The first-order valence-electron chi connectivity index (χ1n) is 9.16. The molecule has 26 heavy (non-hydrogen) atoms. The average Bonchev–Trinajstić information content (AvgIpc) is 3.20. The van der Waals surface area contributed by atoms with E-state index in [1.54, 1.807) is 36.4 Å². The van der Waals surface area contributed by atoms with Crippen LogP contribution in [0.2, 0.25) is 0 Å². The molecule has 1 heterocycles. The molecule has 5 nitrogen and oxygen atoms in total. The Balaban J connectivity index is 1.41. The Morgan fingerprint density at radius 2 is 1.88 bits per heavy atom. The van der Waals surface area contributed by atoms with Crippen molar-refractivity contribution in [2.24, 2.45) is 0 Å². The Hall–Kier alpha value is -2.21. The van der Waals surface area contributed by atoms with Gasteiger partial charge in [-0.15, -0.1) is 0 Å². The summed E-state index contributed by atoms with van der Waals surface area (Å²) in [5, 5.41) is 12.1. The normalized spacial score (nSPS) is 17.8. The minimum absolute atomic E-state index is 0.0130. The van der Waals surface area contributed by atoms with Crippen LogP contribution in [-0.2, 0) is 4.74 Å². The van der Waals surface area contributed by atoms with Gasteiger partial charge in [0.05, 0.1) is 0 Å². The maximum Gasteiger partial charge on any atom is 0.193 e. The Kier molecular flexibility index (Phi) is 6.77. The predicted molar refractivity (Wildman–Crippen MR) is 98.5 cm³/mol. The lowest BCUT2D eigenvalue weighted by Gasteiger charge is -2.13. The SMILES string of the molecule is O=C(c1ccccc1)c1ccc(OC[C@@H](O)C[NH2+]C[C@@H]2CCCO2)cc1. The van der Waals surface area contributed by atoms with E-state index in [-0.39, 0.29) is 12.4 Å². The summed E-state index contributed by atoms with van der Waals surface area (Å²) in [5.41, 5.74) is 1.28. The van der Waals surface area contributed by atoms with E-state index < -0.39 is 6.10 Å². The number of aliphatic hydroxyl groups excluding tert-OH is 1. The van der Waals surface area contributed by atoms with Crippen molar-refractivity contribution in [2.45, 2.75) is 25.0 Å². The number of hydrogen-bond donors (Lipinski definition) is 2. The standard InChI is InChI=1S/C21H25NO4/c23-18(13-22-14-20-7-4-12-25-20)15-26-19-10-8-17(9-11-19)21(24)16-5-2-1-3-6-16/h1-3,5-6,8-11,18,20,22-23H,4,7,12-15H2/p+1/t18-,20-/m0/s1. The quantitative estimate of drug-likeness (QED) is 0.666. The van der Waals surface area contributed by atoms with Crippen molar-refractivity contribution < 1.29 is 24.7 Å². The molecule has 3 N–H and O–H groups in total. The van der Waals surface area contributed by atoms with Crippen molar-refractivity contribution in [1.82, 2.24) is 0 Å². The Bertz CT molecular complexity index is 681. The van der Waals surface area contributed by atoms with Gasteiger partial charge in [-0.05, 0) is 37.1 Å². The first-order valence-corrected chi connectivity index (χ1v) is 9.16. The summed E-state index contributed by atoms with van der Waals surface area (Å²) in [7, 11) is 0. The van der Waals surface area contributed by atoms with Crippen molar-refractivity contribution in [1.29, 1.82) is 0 Å². The number of hydrogen-bond acceptors (Lipinski definition) is 4. The molecule has 0 amide bonds. The lowest BCUT2D eigenvalue weighted by molar-refractivity contribution is -0.666. The van der Waals surface area contributed by atoms with E-state index in [4.69, 9.17) is 9.47 Å². The van der Waals surface area contributed by atoms with E-state index in [1.807, 2.05) is 18.2 Å². The minimum Gasteiger partial charge on any atom is -0.491 e. The molecular formula is C21H26NO4+. The number of rotatable bonds is 9. The summed E-state index contributed by atoms with van der Waals surface area (Å²) in [6.07, 6.45) is 2.02. The maximum absolute atomic E-state index is 12.4. The highest BCUT2D eigenvalue weighted by Crippen LogP contribution is 2.15. The van der Waals surface area contributed by atoms with Crippen molar-refractivity contribution in [3.8, 4) is 5.75 Å². The van der Waals surface area contributed by atoms with Crippen LogP contribution in [0.5, 0.6) is 5.75 Å². The van der Waals surface area contributed by atoms with Gasteiger partial charge in [0.2, 0.25) is 0 Å². The largest absolute Gasteiger partial charge is 0.491 e. The fraction of sp³-hybridized carbons (Fsp3) is 0.381. The van der Waals surface area contributed by atoms with Gasteiger partial charge >= 0.3 is 0 Å². The van der Waals surface area contributed by atoms with Crippen LogP contribution in [0, 0.1) is 0 Å². The molecule has 138 valence electrons. The van der Waals surface area contributed by atoms with Crippen molar-refractivity contribution in [2.75, 3.05) is 26.3 Å². The van der Waals surface area contributed by atoms with Crippen LogP contribution in [0.1, 0.15) is 28.8 Å². The van der Waals surface area contributed by atoms with Crippen molar-refractivity contribution in [3.05, 3.63) is 65.7 Å². The molecule has 0 unspecified atom stereocenters. The lowest BCUT2D eigenvalue weighted by atomic mass is 10.0. The van der Waals surface area contributed by atoms with Crippen molar-refractivity contribution in [3.63, 3.8) is 0 Å². The topological polar surface area (TPSA) is 72.4 Å². The van der Waals surface area contributed by atoms with Gasteiger partial charge in [-0.2, -0.15) is 0 Å². The summed E-state index contributed by atoms with van der Waals surface area (Å²) in [6, 6.07) is 16.2. The van der Waals surface area contributed by atoms with Gasteiger partial charge < -0.3 is 19.9 Å². The highest BCUT2D eigenvalue weighted by atomic mass is 16.5. The summed E-state index contributed by atoms with van der Waals surface area (Å²) >= 11 is 0. The molecule has 1 aliphatic heterocycles. The molecule has 3 rings (SSSR count). The molecule has 0 radical (unpaired) electrons. The second kappa shape index (κ2) is 9.48. The number of ether oxygens (including phenoxy) is 2. The Morgan fingerprint density at radius 1 is 1.15 bits per heavy atom. The van der Waals surface area contributed by atoms with Gasteiger partial charge in [-0.1, -0.05) is 30.3 Å². The third-order valence-corrected chi connectivity index (χ3v) is 4.49. The molecule has 0 bridgehead atoms. The number of ketones is 1. The molecule has 2 aromatic rings. The van der Waals surface area contributed by atoms with E-state index >= 15 is 0 Å². The second-order valence-electron chi connectivity index (χ2n) is 6.58. The molecule has 0 spiro atoms. The third-order valence-electron chi connectivity index (χ3n) is 4.49. The van der Waals surface area contributed by atoms with Gasteiger partial charge in [0.1, 0.15) is 37.7 Å². The second-order valence-corrected chi connectivity index (χ2v) is 6.58. The number of quaternary nitrogens is 1. The zero-order chi connectivity index (χ0) is 18.2. The summed E-state index contributed by atoms with van der Waals surface area (Å²) in [5.74, 6) is 0.633. The molecule has 5 heteroatoms. The van der Waals surface area contributed by atoms with E-state index in [0.717, 1.165) is 26.0 Å². The summed E-state index contributed by atoms with van der Waals surface area (Å²) in [4.78, 5) is 12.4. The summed E-state index contributed by atoms with van der Waals surface area (Å²) < 4.78 is 11.2. The number of carbonyl (C=O) groups is 1. The smallest absolute Gasteiger partial charge is 0.193 e. The van der Waals surface area contributed by atoms with Crippen LogP contribution in [-0.4, -0.2) is 49.4 Å². The van der Waals surface area contributed by atoms with Crippen LogP contribution in [0.4, 0.5) is 0 Å². The fourth-order valence-electron chi connectivity index (χ4n) is 3.02. The average molecular weight is 356 g/mol. The maximum atomic E-state index is 12.4. The number of aliphatic hydroxyl groups is 1. The monoisotopic (exact) mass is 356 g/mol. The predicted octanol–water partition coefficient (Wildman–Crippen LogP) is 1.40. The molecule has 2 aromatic carbocycles. The zero-order valence-electron chi connectivity index (χ0n) is 14.8. The first kappa shape index (κ1) is 18.6. The number of nitrogens with two attached hydrogens (primary N) is 1.